The molecule has 2 N–H and O–H groups in total. The van der Waals surface area contributed by atoms with Gasteiger partial charge >= 0.3 is 10.2 Å². The molecule has 1 aliphatic carbocycles. The Kier molecular flexibility index (Phi) is 5.48. The molecule has 0 heterocycles. The zero-order chi connectivity index (χ0) is 15.5. The van der Waals surface area contributed by atoms with Crippen molar-refractivity contribution in [3.05, 3.63) is 28.8 Å². The summed E-state index contributed by atoms with van der Waals surface area (Å²) >= 11 is 6.02. The second-order valence-electron chi connectivity index (χ2n) is 5.49. The largest absolute Gasteiger partial charge is 0.314 e. The number of rotatable bonds is 8. The number of aryl methyl sites for hydroxylation is 1. The molecule has 0 amide bonds. The van der Waals surface area contributed by atoms with Crippen LogP contribution >= 0.6 is 11.6 Å². The van der Waals surface area contributed by atoms with Gasteiger partial charge in [-0.1, -0.05) is 17.7 Å². The summed E-state index contributed by atoms with van der Waals surface area (Å²) in [6.07, 6.45) is 3.26. The van der Waals surface area contributed by atoms with Crippen molar-refractivity contribution >= 4 is 27.5 Å². The van der Waals surface area contributed by atoms with Crippen LogP contribution in [0.2, 0.25) is 5.02 Å². The number of hydrogen-bond donors (Lipinski definition) is 2. The zero-order valence-corrected chi connectivity index (χ0v) is 14.0. The summed E-state index contributed by atoms with van der Waals surface area (Å²) in [6, 6.07) is 5.90. The van der Waals surface area contributed by atoms with Gasteiger partial charge in [-0.25, -0.2) is 0 Å². The van der Waals surface area contributed by atoms with Gasteiger partial charge in [0, 0.05) is 19.6 Å². The van der Waals surface area contributed by atoms with Crippen molar-refractivity contribution in [2.45, 2.75) is 32.2 Å². The van der Waals surface area contributed by atoms with Crippen LogP contribution in [0, 0.1) is 6.92 Å². The zero-order valence-electron chi connectivity index (χ0n) is 12.4. The molecule has 0 saturated heterocycles. The van der Waals surface area contributed by atoms with E-state index in [0.717, 1.165) is 18.5 Å². The minimum Gasteiger partial charge on any atom is -0.314 e. The van der Waals surface area contributed by atoms with Crippen LogP contribution in [0.4, 0.5) is 5.69 Å². The van der Waals surface area contributed by atoms with E-state index in [-0.39, 0.29) is 0 Å². The first kappa shape index (κ1) is 16.5. The normalized spacial score (nSPS) is 15.4. The second kappa shape index (κ2) is 6.96. The van der Waals surface area contributed by atoms with Crippen molar-refractivity contribution in [2.24, 2.45) is 0 Å². The second-order valence-corrected chi connectivity index (χ2v) is 7.68. The smallest absolute Gasteiger partial charge is 0.301 e. The Labute approximate surface area is 131 Å². The Hall–Kier alpha value is -0.820. The molecule has 1 fully saturated rings. The third-order valence-electron chi connectivity index (χ3n) is 3.43. The van der Waals surface area contributed by atoms with E-state index in [1.807, 2.05) is 13.0 Å². The van der Waals surface area contributed by atoms with Crippen LogP contribution < -0.4 is 10.0 Å². The van der Waals surface area contributed by atoms with Crippen molar-refractivity contribution in [1.29, 1.82) is 0 Å². The summed E-state index contributed by atoms with van der Waals surface area (Å²) in [6.45, 7) is 3.20. The molecule has 1 aromatic carbocycles. The summed E-state index contributed by atoms with van der Waals surface area (Å²) in [5.74, 6) is 0. The Morgan fingerprint density at radius 1 is 1.38 bits per heavy atom. The van der Waals surface area contributed by atoms with Crippen LogP contribution in [-0.2, 0) is 10.2 Å². The predicted molar refractivity (Wildman–Crippen MR) is 87.0 cm³/mol. The number of hydrogen-bond acceptors (Lipinski definition) is 3. The third-order valence-corrected chi connectivity index (χ3v) is 5.24. The fourth-order valence-corrected chi connectivity index (χ4v) is 3.14. The Morgan fingerprint density at radius 3 is 2.76 bits per heavy atom. The molecule has 21 heavy (non-hydrogen) atoms. The summed E-state index contributed by atoms with van der Waals surface area (Å²) in [5.41, 5.74) is 1.37. The van der Waals surface area contributed by atoms with Gasteiger partial charge in [0.15, 0.2) is 0 Å². The van der Waals surface area contributed by atoms with Gasteiger partial charge in [-0.15, -0.1) is 0 Å². The lowest BCUT2D eigenvalue weighted by atomic mass is 10.2. The molecule has 0 radical (unpaired) electrons. The highest BCUT2D eigenvalue weighted by molar-refractivity contribution is 7.90. The lowest BCUT2D eigenvalue weighted by molar-refractivity contribution is 0.458. The highest BCUT2D eigenvalue weighted by Gasteiger charge is 2.21. The molecule has 0 unspecified atom stereocenters. The van der Waals surface area contributed by atoms with Gasteiger partial charge in [-0.05, 0) is 50.4 Å². The van der Waals surface area contributed by atoms with Crippen molar-refractivity contribution in [1.82, 2.24) is 9.62 Å². The van der Waals surface area contributed by atoms with Gasteiger partial charge < -0.3 is 5.32 Å². The van der Waals surface area contributed by atoms with Gasteiger partial charge in [0.1, 0.15) is 0 Å². The van der Waals surface area contributed by atoms with E-state index >= 15 is 0 Å². The van der Waals surface area contributed by atoms with Crippen LogP contribution in [0.3, 0.4) is 0 Å². The van der Waals surface area contributed by atoms with E-state index in [1.54, 1.807) is 19.2 Å². The molecule has 118 valence electrons. The minimum atomic E-state index is -3.57. The molecule has 2 rings (SSSR count). The Bertz CT molecular complexity index is 588. The van der Waals surface area contributed by atoms with E-state index in [2.05, 4.69) is 10.0 Å². The first-order valence-corrected chi connectivity index (χ1v) is 8.94. The van der Waals surface area contributed by atoms with Crippen molar-refractivity contribution in [3.8, 4) is 0 Å². The van der Waals surface area contributed by atoms with Gasteiger partial charge in [0.05, 0.1) is 10.7 Å². The number of nitrogens with zero attached hydrogens (tertiary/aromatic N) is 1. The van der Waals surface area contributed by atoms with Gasteiger partial charge in [-0.3, -0.25) is 4.72 Å². The molecule has 0 aromatic heterocycles. The minimum absolute atomic E-state index is 0.396. The van der Waals surface area contributed by atoms with Crippen LogP contribution in [0.5, 0.6) is 0 Å². The highest BCUT2D eigenvalue weighted by Crippen LogP contribution is 2.24. The molecule has 1 aromatic rings. The molecule has 5 nitrogen and oxygen atoms in total. The lowest BCUT2D eigenvalue weighted by Crippen LogP contribution is -2.34. The van der Waals surface area contributed by atoms with Gasteiger partial charge in [0.2, 0.25) is 0 Å². The molecule has 1 aliphatic rings. The molecular weight excluding hydrogens is 310 g/mol. The Morgan fingerprint density at radius 2 is 2.10 bits per heavy atom. The predicted octanol–water partition coefficient (Wildman–Crippen LogP) is 2.38. The molecule has 0 aliphatic heterocycles. The summed E-state index contributed by atoms with van der Waals surface area (Å²) in [5, 5.41) is 3.76. The van der Waals surface area contributed by atoms with E-state index < -0.39 is 10.2 Å². The third kappa shape index (κ3) is 5.14. The average molecular weight is 332 g/mol. The molecule has 7 heteroatoms. The maximum Gasteiger partial charge on any atom is 0.301 e. The van der Waals surface area contributed by atoms with Crippen LogP contribution in [0.15, 0.2) is 18.2 Å². The maximum absolute atomic E-state index is 12.2. The number of nitrogens with one attached hydrogen (secondary N) is 2. The molecule has 0 bridgehead atoms. The molecule has 1 saturated carbocycles. The fourth-order valence-electron chi connectivity index (χ4n) is 1.95. The molecule has 0 spiro atoms. The van der Waals surface area contributed by atoms with E-state index in [4.69, 9.17) is 11.6 Å². The monoisotopic (exact) mass is 331 g/mol. The first-order chi connectivity index (χ1) is 9.88. The van der Waals surface area contributed by atoms with Crippen LogP contribution in [0.1, 0.15) is 24.8 Å². The summed E-state index contributed by atoms with van der Waals surface area (Å²) in [4.78, 5) is 0. The number of benzene rings is 1. The maximum atomic E-state index is 12.2. The standard InChI is InChI=1S/C14H22ClN3O2S/c1-11-4-7-13(15)14(10-11)17-21(19,20)18(2)9-3-8-16-12-5-6-12/h4,7,10,12,16-17H,3,5-6,8-9H2,1-2H3. The van der Waals surface area contributed by atoms with Gasteiger partial charge in [-0.2, -0.15) is 12.7 Å². The number of anilines is 1. The first-order valence-electron chi connectivity index (χ1n) is 7.12. The quantitative estimate of drug-likeness (QED) is 0.719. The SMILES string of the molecule is Cc1ccc(Cl)c(NS(=O)(=O)N(C)CCCNC2CC2)c1. The van der Waals surface area contributed by atoms with Crippen LogP contribution in [-0.4, -0.2) is 38.9 Å². The van der Waals surface area contributed by atoms with Gasteiger partial charge in [0.25, 0.3) is 0 Å². The molecule has 0 atom stereocenters. The highest BCUT2D eigenvalue weighted by atomic mass is 35.5. The number of halogens is 1. The van der Waals surface area contributed by atoms with E-state index in [9.17, 15) is 8.42 Å². The molecular formula is C14H22ClN3O2S. The van der Waals surface area contributed by atoms with Crippen molar-refractivity contribution in [2.75, 3.05) is 24.9 Å². The fraction of sp³-hybridized carbons (Fsp3) is 0.571. The average Bonchev–Trinajstić information content (AvgIpc) is 3.22. The topological polar surface area (TPSA) is 61.4 Å². The van der Waals surface area contributed by atoms with E-state index in [1.165, 1.54) is 17.1 Å². The van der Waals surface area contributed by atoms with Crippen molar-refractivity contribution in [3.63, 3.8) is 0 Å². The van der Waals surface area contributed by atoms with Crippen molar-refractivity contribution < 1.29 is 8.42 Å². The summed E-state index contributed by atoms with van der Waals surface area (Å²) in [7, 11) is -1.99. The summed E-state index contributed by atoms with van der Waals surface area (Å²) < 4.78 is 28.3. The lowest BCUT2D eigenvalue weighted by Gasteiger charge is -2.19. The Balaban J connectivity index is 1.88. The van der Waals surface area contributed by atoms with E-state index in [0.29, 0.717) is 23.3 Å². The van der Waals surface area contributed by atoms with Crippen LogP contribution in [0.25, 0.3) is 0 Å².